The van der Waals surface area contributed by atoms with E-state index in [1.54, 1.807) is 13.2 Å². The Morgan fingerprint density at radius 2 is 2.17 bits per heavy atom. The van der Waals surface area contributed by atoms with Crippen molar-refractivity contribution in [1.82, 2.24) is 10.3 Å². The maximum Gasteiger partial charge on any atom is 0.221 e. The largest absolute Gasteiger partial charge is 0.359 e. The molecule has 2 aromatic rings. The second kappa shape index (κ2) is 7.72. The topological polar surface area (TPSA) is 62.3 Å². The van der Waals surface area contributed by atoms with E-state index in [0.29, 0.717) is 12.5 Å². The van der Waals surface area contributed by atoms with Gasteiger partial charge in [-0.3, -0.25) is 14.6 Å². The van der Waals surface area contributed by atoms with Gasteiger partial charge in [0.05, 0.1) is 11.9 Å². The molecule has 23 heavy (non-hydrogen) atoms. The third-order valence-corrected chi connectivity index (χ3v) is 4.24. The molecule has 1 N–H and O–H groups in total. The number of aromatic nitrogens is 1. The lowest BCUT2D eigenvalue weighted by Gasteiger charge is -2.19. The number of anilines is 1. The Bertz CT molecular complexity index is 700. The van der Waals surface area contributed by atoms with Crippen LogP contribution in [0.5, 0.6) is 0 Å². The second-order valence-electron chi connectivity index (χ2n) is 5.67. The molecule has 0 aliphatic rings. The van der Waals surface area contributed by atoms with Crippen molar-refractivity contribution >= 4 is 28.8 Å². The van der Waals surface area contributed by atoms with Gasteiger partial charge >= 0.3 is 0 Å². The number of nitrogens with zero attached hydrogens (tertiary/aromatic N) is 2. The van der Waals surface area contributed by atoms with Crippen molar-refractivity contribution < 1.29 is 9.59 Å². The van der Waals surface area contributed by atoms with Crippen molar-refractivity contribution in [2.45, 2.75) is 32.6 Å². The minimum absolute atomic E-state index is 0.0934. The van der Waals surface area contributed by atoms with E-state index in [-0.39, 0.29) is 12.3 Å². The molecule has 1 aromatic heterocycles. The highest BCUT2D eigenvalue weighted by atomic mass is 16.2. The number of carbonyl (C=O) groups excluding carboxylic acids is 2. The highest BCUT2D eigenvalue weighted by molar-refractivity contribution is 5.98. The molecule has 0 aliphatic heterocycles. The van der Waals surface area contributed by atoms with Crippen LogP contribution in [0.1, 0.15) is 38.2 Å². The van der Waals surface area contributed by atoms with Gasteiger partial charge in [0.1, 0.15) is 0 Å². The summed E-state index contributed by atoms with van der Waals surface area (Å²) in [4.78, 5) is 28.6. The van der Waals surface area contributed by atoms with Crippen molar-refractivity contribution in [2.24, 2.45) is 0 Å². The van der Waals surface area contributed by atoms with Crippen LogP contribution in [0.15, 0.2) is 30.6 Å². The van der Waals surface area contributed by atoms with Crippen molar-refractivity contribution in [1.29, 1.82) is 0 Å². The lowest BCUT2D eigenvalue weighted by molar-refractivity contribution is -0.120. The van der Waals surface area contributed by atoms with Gasteiger partial charge < -0.3 is 10.2 Å². The van der Waals surface area contributed by atoms with E-state index in [4.69, 9.17) is 0 Å². The first-order chi connectivity index (χ1) is 11.1. The normalized spacial score (nSPS) is 12.0. The molecule has 0 spiro atoms. The summed E-state index contributed by atoms with van der Waals surface area (Å²) in [7, 11) is 1.59. The molecule has 0 saturated heterocycles. The van der Waals surface area contributed by atoms with Gasteiger partial charge in [0.15, 0.2) is 0 Å². The quantitative estimate of drug-likeness (QED) is 0.800. The number of hydrogen-bond acceptors (Lipinski definition) is 3. The summed E-state index contributed by atoms with van der Waals surface area (Å²) in [5, 5.41) is 4.54. The van der Waals surface area contributed by atoms with Crippen LogP contribution in [-0.4, -0.2) is 30.9 Å². The number of benzene rings is 1. The zero-order chi connectivity index (χ0) is 16.8. The van der Waals surface area contributed by atoms with Crippen LogP contribution < -0.4 is 10.2 Å². The molecule has 2 rings (SSSR count). The smallest absolute Gasteiger partial charge is 0.221 e. The molecule has 0 bridgehead atoms. The lowest BCUT2D eigenvalue weighted by Crippen LogP contribution is -2.28. The Labute approximate surface area is 136 Å². The summed E-state index contributed by atoms with van der Waals surface area (Å²) in [6, 6.07) is 6.26. The van der Waals surface area contributed by atoms with Crippen molar-refractivity contribution in [3.8, 4) is 0 Å². The fourth-order valence-electron chi connectivity index (χ4n) is 2.53. The van der Waals surface area contributed by atoms with E-state index in [0.717, 1.165) is 29.3 Å². The summed E-state index contributed by atoms with van der Waals surface area (Å²) in [5.74, 6) is 0.391. The monoisotopic (exact) mass is 313 g/mol. The Balaban J connectivity index is 2.36. The minimum Gasteiger partial charge on any atom is -0.359 e. The van der Waals surface area contributed by atoms with Crippen LogP contribution in [0.2, 0.25) is 0 Å². The molecule has 1 unspecified atom stereocenters. The molecule has 0 radical (unpaired) electrons. The maximum atomic E-state index is 11.4. The standard InChI is InChI=1S/C18H23N3O2/c1-4-13(2)14-5-6-16-15(9-14)10-20-11-17(16)21(12-22)8-7-18(23)19-3/h5-6,9-13H,4,7-8H2,1-3H3,(H,19,23). The molecule has 0 saturated carbocycles. The molecule has 1 atom stereocenters. The molecule has 0 fully saturated rings. The van der Waals surface area contributed by atoms with Crippen LogP contribution in [0.25, 0.3) is 10.8 Å². The van der Waals surface area contributed by atoms with E-state index in [1.807, 2.05) is 12.3 Å². The summed E-state index contributed by atoms with van der Waals surface area (Å²) in [5.41, 5.74) is 2.00. The molecule has 1 heterocycles. The first kappa shape index (κ1) is 16.9. The van der Waals surface area contributed by atoms with Crippen LogP contribution in [0.3, 0.4) is 0 Å². The van der Waals surface area contributed by atoms with E-state index in [9.17, 15) is 9.59 Å². The van der Waals surface area contributed by atoms with Gasteiger partial charge in [-0.25, -0.2) is 0 Å². The zero-order valence-corrected chi connectivity index (χ0v) is 13.9. The molecule has 122 valence electrons. The van der Waals surface area contributed by atoms with Crippen LogP contribution in [-0.2, 0) is 9.59 Å². The van der Waals surface area contributed by atoms with Crippen molar-refractivity contribution in [3.63, 3.8) is 0 Å². The summed E-state index contributed by atoms with van der Waals surface area (Å²) < 4.78 is 0. The summed E-state index contributed by atoms with van der Waals surface area (Å²) in [6.45, 7) is 4.69. The number of nitrogens with one attached hydrogen (secondary N) is 1. The summed E-state index contributed by atoms with van der Waals surface area (Å²) >= 11 is 0. The Morgan fingerprint density at radius 3 is 2.83 bits per heavy atom. The number of rotatable bonds is 7. The predicted molar refractivity (Wildman–Crippen MR) is 92.5 cm³/mol. The first-order valence-corrected chi connectivity index (χ1v) is 7.90. The Hall–Kier alpha value is -2.43. The molecular weight excluding hydrogens is 290 g/mol. The lowest BCUT2D eigenvalue weighted by atomic mass is 9.96. The van der Waals surface area contributed by atoms with E-state index in [1.165, 1.54) is 10.5 Å². The Kier molecular flexibility index (Phi) is 5.68. The van der Waals surface area contributed by atoms with Gasteiger partial charge in [-0.05, 0) is 24.0 Å². The number of pyridine rings is 1. The molecule has 5 heteroatoms. The number of carbonyl (C=O) groups is 2. The van der Waals surface area contributed by atoms with Gasteiger partial charge in [-0.1, -0.05) is 26.0 Å². The molecular formula is C18H23N3O2. The predicted octanol–water partition coefficient (Wildman–Crippen LogP) is 2.85. The van der Waals surface area contributed by atoms with E-state index >= 15 is 0 Å². The fourth-order valence-corrected chi connectivity index (χ4v) is 2.53. The highest BCUT2D eigenvalue weighted by Gasteiger charge is 2.13. The van der Waals surface area contributed by atoms with Crippen molar-refractivity contribution in [2.75, 3.05) is 18.5 Å². The van der Waals surface area contributed by atoms with Crippen molar-refractivity contribution in [3.05, 3.63) is 36.2 Å². The molecule has 2 amide bonds. The number of hydrogen-bond donors (Lipinski definition) is 1. The van der Waals surface area contributed by atoms with Crippen LogP contribution in [0.4, 0.5) is 5.69 Å². The van der Waals surface area contributed by atoms with Crippen LogP contribution in [0, 0.1) is 0 Å². The number of amides is 2. The molecule has 5 nitrogen and oxygen atoms in total. The van der Waals surface area contributed by atoms with Gasteiger partial charge in [0, 0.05) is 37.0 Å². The van der Waals surface area contributed by atoms with E-state index in [2.05, 4.69) is 36.3 Å². The number of fused-ring (bicyclic) bond motifs is 1. The third kappa shape index (κ3) is 3.86. The maximum absolute atomic E-state index is 11.4. The summed E-state index contributed by atoms with van der Waals surface area (Å²) in [6.07, 6.45) is 5.57. The van der Waals surface area contributed by atoms with Gasteiger partial charge in [0.25, 0.3) is 0 Å². The SMILES string of the molecule is CCC(C)c1ccc2c(N(C=O)CCC(=O)NC)cncc2c1. The Morgan fingerprint density at radius 1 is 1.39 bits per heavy atom. The third-order valence-electron chi connectivity index (χ3n) is 4.24. The zero-order valence-electron chi connectivity index (χ0n) is 13.9. The van der Waals surface area contributed by atoms with Crippen LogP contribution >= 0.6 is 0 Å². The molecule has 1 aromatic carbocycles. The van der Waals surface area contributed by atoms with E-state index < -0.39 is 0 Å². The average molecular weight is 313 g/mol. The van der Waals surface area contributed by atoms with Gasteiger partial charge in [-0.15, -0.1) is 0 Å². The van der Waals surface area contributed by atoms with Gasteiger partial charge in [-0.2, -0.15) is 0 Å². The first-order valence-electron chi connectivity index (χ1n) is 7.90. The van der Waals surface area contributed by atoms with Gasteiger partial charge in [0.2, 0.25) is 12.3 Å². The highest BCUT2D eigenvalue weighted by Crippen LogP contribution is 2.29. The molecule has 0 aliphatic carbocycles. The second-order valence-corrected chi connectivity index (χ2v) is 5.67. The minimum atomic E-state index is -0.0934. The average Bonchev–Trinajstić information content (AvgIpc) is 2.60. The fraction of sp³-hybridized carbons (Fsp3) is 0.389.